The Labute approximate surface area is 194 Å². The zero-order valence-corrected chi connectivity index (χ0v) is 20.0. The van der Waals surface area contributed by atoms with E-state index in [9.17, 15) is 9.18 Å². The molecular weight excluding hydrogens is 508 g/mol. The van der Waals surface area contributed by atoms with Crippen LogP contribution < -0.4 is 5.32 Å². The zero-order chi connectivity index (χ0) is 19.9. The second-order valence-electron chi connectivity index (χ2n) is 7.28. The highest BCUT2D eigenvalue weighted by molar-refractivity contribution is 14.0. The van der Waals surface area contributed by atoms with Gasteiger partial charge in [0, 0.05) is 63.4 Å². The van der Waals surface area contributed by atoms with Crippen molar-refractivity contribution in [3.05, 3.63) is 34.6 Å². The Balaban J connectivity index is 0.00000300. The van der Waals surface area contributed by atoms with Gasteiger partial charge in [-0.3, -0.25) is 14.7 Å². The van der Waals surface area contributed by atoms with Crippen LogP contribution in [0.15, 0.2) is 23.2 Å². The van der Waals surface area contributed by atoms with E-state index in [1.54, 1.807) is 19.2 Å². The predicted octanol–water partition coefficient (Wildman–Crippen LogP) is 2.46. The number of hydrogen-bond acceptors (Lipinski definition) is 3. The maximum atomic E-state index is 13.9. The highest BCUT2D eigenvalue weighted by Crippen LogP contribution is 2.19. The molecular formula is C20H30ClFIN5O. The summed E-state index contributed by atoms with van der Waals surface area (Å²) in [4.78, 5) is 23.0. The average Bonchev–Trinajstić information content (AvgIpc) is 3.23. The molecule has 2 fully saturated rings. The number of nitrogens with one attached hydrogen (secondary N) is 1. The molecule has 2 aliphatic heterocycles. The molecule has 6 nitrogen and oxygen atoms in total. The Bertz CT molecular complexity index is 686. The molecule has 2 heterocycles. The van der Waals surface area contributed by atoms with Gasteiger partial charge in [-0.1, -0.05) is 17.7 Å². The Morgan fingerprint density at radius 1 is 1.14 bits per heavy atom. The van der Waals surface area contributed by atoms with Crippen molar-refractivity contribution in [1.82, 2.24) is 20.0 Å². The number of rotatable bonds is 5. The van der Waals surface area contributed by atoms with Crippen molar-refractivity contribution < 1.29 is 9.18 Å². The van der Waals surface area contributed by atoms with Gasteiger partial charge in [-0.2, -0.15) is 0 Å². The monoisotopic (exact) mass is 537 g/mol. The lowest BCUT2D eigenvalue weighted by molar-refractivity contribution is -0.131. The maximum absolute atomic E-state index is 13.9. The molecule has 1 aromatic carbocycles. The summed E-state index contributed by atoms with van der Waals surface area (Å²) in [6.45, 7) is 6.16. The molecule has 3 rings (SSSR count). The summed E-state index contributed by atoms with van der Waals surface area (Å²) < 4.78 is 13.9. The van der Waals surface area contributed by atoms with Gasteiger partial charge in [-0.15, -0.1) is 24.0 Å². The lowest BCUT2D eigenvalue weighted by atomic mass is 10.1. The molecule has 2 saturated heterocycles. The molecule has 0 aliphatic carbocycles. The number of carbonyl (C=O) groups excluding carboxylic acids is 1. The third-order valence-corrected chi connectivity index (χ3v) is 5.78. The molecule has 0 radical (unpaired) electrons. The summed E-state index contributed by atoms with van der Waals surface area (Å²) in [5, 5.41) is 3.75. The van der Waals surface area contributed by atoms with Crippen LogP contribution in [-0.4, -0.2) is 86.0 Å². The minimum atomic E-state index is -0.277. The molecule has 0 spiro atoms. The van der Waals surface area contributed by atoms with Gasteiger partial charge in [0.25, 0.3) is 0 Å². The lowest BCUT2D eigenvalue weighted by Crippen LogP contribution is -2.54. The van der Waals surface area contributed by atoms with Gasteiger partial charge in [0.1, 0.15) is 5.82 Å². The number of benzene rings is 1. The number of halogens is 3. The van der Waals surface area contributed by atoms with Crippen molar-refractivity contribution in [2.75, 3.05) is 59.4 Å². The fourth-order valence-electron chi connectivity index (χ4n) is 3.78. The molecule has 0 unspecified atom stereocenters. The lowest BCUT2D eigenvalue weighted by Gasteiger charge is -2.36. The van der Waals surface area contributed by atoms with Gasteiger partial charge in [-0.25, -0.2) is 4.39 Å². The fourth-order valence-corrected chi connectivity index (χ4v) is 4.04. The Hall–Kier alpha value is -1.13. The summed E-state index contributed by atoms with van der Waals surface area (Å²) in [6, 6.07) is 4.75. The van der Waals surface area contributed by atoms with Crippen molar-refractivity contribution in [2.24, 2.45) is 4.99 Å². The number of piperazine rings is 1. The van der Waals surface area contributed by atoms with Crippen molar-refractivity contribution >= 4 is 47.4 Å². The number of carbonyl (C=O) groups is 1. The third kappa shape index (κ3) is 6.68. The molecule has 1 N–H and O–H groups in total. The Morgan fingerprint density at radius 2 is 1.83 bits per heavy atom. The van der Waals surface area contributed by atoms with Crippen LogP contribution in [0.1, 0.15) is 18.4 Å². The standard InChI is InChI=1S/C20H29ClFN5O.HI/c1-23-20(24-8-7-16-17(21)5-4-6-18(16)22)27-13-11-25(12-14-27)15-19(28)26-9-2-3-10-26;/h4-6H,2-3,7-15H2,1H3,(H,23,24);1H. The van der Waals surface area contributed by atoms with E-state index in [-0.39, 0.29) is 35.7 Å². The van der Waals surface area contributed by atoms with Gasteiger partial charge in [0.05, 0.1) is 6.54 Å². The molecule has 29 heavy (non-hydrogen) atoms. The first-order chi connectivity index (χ1) is 13.6. The molecule has 0 aromatic heterocycles. The quantitative estimate of drug-likeness (QED) is 0.356. The molecule has 0 bridgehead atoms. The largest absolute Gasteiger partial charge is 0.356 e. The minimum absolute atomic E-state index is 0. The summed E-state index contributed by atoms with van der Waals surface area (Å²) in [7, 11) is 1.75. The normalized spacial score (nSPS) is 18.0. The fraction of sp³-hybridized carbons (Fsp3) is 0.600. The van der Waals surface area contributed by atoms with Gasteiger partial charge < -0.3 is 15.1 Å². The molecule has 1 aromatic rings. The first kappa shape index (κ1) is 24.1. The molecule has 0 atom stereocenters. The Kier molecular flexibility index (Phi) is 9.91. The minimum Gasteiger partial charge on any atom is -0.356 e. The SMILES string of the molecule is CN=C(NCCc1c(F)cccc1Cl)N1CCN(CC(=O)N2CCCC2)CC1.I. The van der Waals surface area contributed by atoms with E-state index in [0.29, 0.717) is 30.1 Å². The summed E-state index contributed by atoms with van der Waals surface area (Å²) in [5.74, 6) is 0.772. The van der Waals surface area contributed by atoms with Crippen LogP contribution in [0.25, 0.3) is 0 Å². The predicted molar refractivity (Wildman–Crippen MR) is 126 cm³/mol. The van der Waals surface area contributed by atoms with Crippen molar-refractivity contribution in [1.29, 1.82) is 0 Å². The number of nitrogens with zero attached hydrogens (tertiary/aromatic N) is 4. The number of likely N-dealkylation sites (tertiary alicyclic amines) is 1. The smallest absolute Gasteiger partial charge is 0.236 e. The number of aliphatic imine (C=N–C) groups is 1. The van der Waals surface area contributed by atoms with Crippen molar-refractivity contribution in [2.45, 2.75) is 19.3 Å². The van der Waals surface area contributed by atoms with E-state index >= 15 is 0 Å². The summed E-state index contributed by atoms with van der Waals surface area (Å²) in [5.41, 5.74) is 0.525. The van der Waals surface area contributed by atoms with Gasteiger partial charge in [0.15, 0.2) is 5.96 Å². The van der Waals surface area contributed by atoms with Crippen LogP contribution in [0.3, 0.4) is 0 Å². The zero-order valence-electron chi connectivity index (χ0n) is 16.9. The first-order valence-corrected chi connectivity index (χ1v) is 10.3. The summed E-state index contributed by atoms with van der Waals surface area (Å²) >= 11 is 6.09. The van der Waals surface area contributed by atoms with E-state index < -0.39 is 0 Å². The van der Waals surface area contributed by atoms with E-state index in [2.05, 4.69) is 20.1 Å². The number of hydrogen-bond donors (Lipinski definition) is 1. The molecule has 1 amide bonds. The number of amides is 1. The van der Waals surface area contributed by atoms with E-state index in [1.165, 1.54) is 6.07 Å². The van der Waals surface area contributed by atoms with Crippen LogP contribution >= 0.6 is 35.6 Å². The van der Waals surface area contributed by atoms with Gasteiger partial charge in [0.2, 0.25) is 5.91 Å². The van der Waals surface area contributed by atoms with Crippen LogP contribution in [0.4, 0.5) is 4.39 Å². The van der Waals surface area contributed by atoms with E-state index in [0.717, 1.165) is 58.1 Å². The highest BCUT2D eigenvalue weighted by Gasteiger charge is 2.24. The van der Waals surface area contributed by atoms with E-state index in [4.69, 9.17) is 11.6 Å². The molecule has 0 saturated carbocycles. The third-order valence-electron chi connectivity index (χ3n) is 5.42. The van der Waals surface area contributed by atoms with Crippen LogP contribution in [0.5, 0.6) is 0 Å². The van der Waals surface area contributed by atoms with Crippen LogP contribution in [0, 0.1) is 5.82 Å². The number of guanidine groups is 1. The van der Waals surface area contributed by atoms with Crippen molar-refractivity contribution in [3.63, 3.8) is 0 Å². The topological polar surface area (TPSA) is 51.2 Å². The van der Waals surface area contributed by atoms with Gasteiger partial charge >= 0.3 is 0 Å². The van der Waals surface area contributed by atoms with Gasteiger partial charge in [-0.05, 0) is 31.4 Å². The molecule has 162 valence electrons. The second-order valence-corrected chi connectivity index (χ2v) is 7.68. The highest BCUT2D eigenvalue weighted by atomic mass is 127. The Morgan fingerprint density at radius 3 is 2.45 bits per heavy atom. The van der Waals surface area contributed by atoms with E-state index in [1.807, 2.05) is 4.90 Å². The van der Waals surface area contributed by atoms with Crippen molar-refractivity contribution in [3.8, 4) is 0 Å². The molecule has 2 aliphatic rings. The van der Waals surface area contributed by atoms with Crippen LogP contribution in [0.2, 0.25) is 5.02 Å². The second kappa shape index (κ2) is 11.9. The van der Waals surface area contributed by atoms with Crippen LogP contribution in [-0.2, 0) is 11.2 Å². The first-order valence-electron chi connectivity index (χ1n) is 9.97. The average molecular weight is 538 g/mol. The summed E-state index contributed by atoms with van der Waals surface area (Å²) in [6.07, 6.45) is 2.74. The maximum Gasteiger partial charge on any atom is 0.236 e. The molecule has 9 heteroatoms.